The minimum Gasteiger partial charge on any atom is -0.379 e. The summed E-state index contributed by atoms with van der Waals surface area (Å²) in [6.45, 7) is 7.51. The molecule has 6 heteroatoms. The van der Waals surface area contributed by atoms with Crippen LogP contribution < -0.4 is 10.6 Å². The summed E-state index contributed by atoms with van der Waals surface area (Å²) in [5, 5.41) is 6.52. The molecule has 0 spiro atoms. The number of benzene rings is 1. The largest absolute Gasteiger partial charge is 0.379 e. The number of anilines is 1. The van der Waals surface area contributed by atoms with Crippen molar-refractivity contribution < 1.29 is 9.53 Å². The van der Waals surface area contributed by atoms with Gasteiger partial charge in [0.05, 0.1) is 13.2 Å². The molecule has 1 unspecified atom stereocenters. The zero-order chi connectivity index (χ0) is 16.8. The SMILES string of the molecule is Cc1ccc(CN2CCOCC2)cc1NC(=O)CC1CSCCN1. The van der Waals surface area contributed by atoms with Gasteiger partial charge in [-0.1, -0.05) is 12.1 Å². The molecule has 2 N–H and O–H groups in total. The molecule has 3 rings (SSSR count). The Hall–Kier alpha value is -1.08. The summed E-state index contributed by atoms with van der Waals surface area (Å²) in [5.74, 6) is 2.26. The highest BCUT2D eigenvalue weighted by molar-refractivity contribution is 7.99. The summed E-state index contributed by atoms with van der Waals surface area (Å²) in [5.41, 5.74) is 3.29. The number of rotatable bonds is 5. The van der Waals surface area contributed by atoms with Crippen LogP contribution in [0.4, 0.5) is 5.69 Å². The average Bonchev–Trinajstić information content (AvgIpc) is 2.60. The van der Waals surface area contributed by atoms with E-state index in [4.69, 9.17) is 4.74 Å². The van der Waals surface area contributed by atoms with Crippen molar-refractivity contribution in [2.45, 2.75) is 25.9 Å². The van der Waals surface area contributed by atoms with E-state index in [2.05, 4.69) is 33.7 Å². The van der Waals surface area contributed by atoms with Crippen LogP contribution in [0.15, 0.2) is 18.2 Å². The van der Waals surface area contributed by atoms with Crippen molar-refractivity contribution in [1.82, 2.24) is 10.2 Å². The molecule has 2 heterocycles. The minimum atomic E-state index is 0.0987. The van der Waals surface area contributed by atoms with Gasteiger partial charge in [0.2, 0.25) is 5.91 Å². The van der Waals surface area contributed by atoms with Gasteiger partial charge in [0, 0.05) is 55.8 Å². The number of nitrogens with one attached hydrogen (secondary N) is 2. The van der Waals surface area contributed by atoms with Crippen molar-refractivity contribution in [2.24, 2.45) is 0 Å². The smallest absolute Gasteiger partial charge is 0.225 e. The lowest BCUT2D eigenvalue weighted by molar-refractivity contribution is -0.116. The molecule has 0 bridgehead atoms. The van der Waals surface area contributed by atoms with Gasteiger partial charge >= 0.3 is 0 Å². The molecule has 2 saturated heterocycles. The van der Waals surface area contributed by atoms with E-state index in [9.17, 15) is 4.79 Å². The Labute approximate surface area is 148 Å². The molecule has 0 radical (unpaired) electrons. The van der Waals surface area contributed by atoms with Crippen LogP contribution in [0, 0.1) is 6.92 Å². The lowest BCUT2D eigenvalue weighted by Crippen LogP contribution is -2.40. The van der Waals surface area contributed by atoms with Gasteiger partial charge in [0.1, 0.15) is 0 Å². The van der Waals surface area contributed by atoms with Crippen molar-refractivity contribution >= 4 is 23.4 Å². The third kappa shape index (κ3) is 5.21. The van der Waals surface area contributed by atoms with Crippen LogP contribution in [0.25, 0.3) is 0 Å². The van der Waals surface area contributed by atoms with Crippen LogP contribution in [0.5, 0.6) is 0 Å². The van der Waals surface area contributed by atoms with Crippen molar-refractivity contribution in [3.05, 3.63) is 29.3 Å². The molecule has 1 aromatic rings. The van der Waals surface area contributed by atoms with Crippen molar-refractivity contribution in [1.29, 1.82) is 0 Å². The number of aryl methyl sites for hydroxylation is 1. The maximum atomic E-state index is 12.3. The van der Waals surface area contributed by atoms with Gasteiger partial charge in [-0.2, -0.15) is 11.8 Å². The van der Waals surface area contributed by atoms with E-state index in [1.807, 2.05) is 18.7 Å². The Kier molecular flexibility index (Phi) is 6.54. The Morgan fingerprint density at radius 3 is 3.00 bits per heavy atom. The molecule has 1 aromatic carbocycles. The standard InChI is InChI=1S/C18H27N3O2S/c1-14-2-3-15(12-21-5-7-23-8-6-21)10-17(14)20-18(22)11-16-13-24-9-4-19-16/h2-3,10,16,19H,4-9,11-13H2,1H3,(H,20,22). The molecule has 2 fully saturated rings. The third-order valence-corrected chi connectivity index (χ3v) is 5.65. The van der Waals surface area contributed by atoms with E-state index >= 15 is 0 Å². The first-order valence-corrected chi connectivity index (χ1v) is 9.87. The van der Waals surface area contributed by atoms with Gasteiger partial charge < -0.3 is 15.4 Å². The Morgan fingerprint density at radius 1 is 1.42 bits per heavy atom. The van der Waals surface area contributed by atoms with Crippen LogP contribution in [-0.4, -0.2) is 61.2 Å². The van der Waals surface area contributed by atoms with Gasteiger partial charge in [0.15, 0.2) is 0 Å². The van der Waals surface area contributed by atoms with Crippen LogP contribution in [0.2, 0.25) is 0 Å². The number of nitrogens with zero attached hydrogens (tertiary/aromatic N) is 1. The number of ether oxygens (including phenoxy) is 1. The predicted molar refractivity (Wildman–Crippen MR) is 99.6 cm³/mol. The van der Waals surface area contributed by atoms with E-state index in [0.717, 1.165) is 62.1 Å². The number of morpholine rings is 1. The lowest BCUT2D eigenvalue weighted by Gasteiger charge is -2.27. The molecule has 2 aliphatic rings. The highest BCUT2D eigenvalue weighted by Crippen LogP contribution is 2.19. The molecule has 1 amide bonds. The molecule has 0 aliphatic carbocycles. The minimum absolute atomic E-state index is 0.0987. The van der Waals surface area contributed by atoms with Crippen LogP contribution in [0.3, 0.4) is 0 Å². The number of thioether (sulfide) groups is 1. The molecule has 5 nitrogen and oxygen atoms in total. The molecular weight excluding hydrogens is 322 g/mol. The number of carbonyl (C=O) groups is 1. The third-order valence-electron chi connectivity index (χ3n) is 4.52. The van der Waals surface area contributed by atoms with Gasteiger partial charge in [0.25, 0.3) is 0 Å². The first-order chi connectivity index (χ1) is 11.7. The molecule has 0 aromatic heterocycles. The zero-order valence-electron chi connectivity index (χ0n) is 14.3. The van der Waals surface area contributed by atoms with E-state index in [1.54, 1.807) is 0 Å². The summed E-state index contributed by atoms with van der Waals surface area (Å²) in [7, 11) is 0. The normalized spacial score (nSPS) is 22.3. The van der Waals surface area contributed by atoms with Gasteiger partial charge in [-0.15, -0.1) is 0 Å². The van der Waals surface area contributed by atoms with Crippen LogP contribution in [-0.2, 0) is 16.1 Å². The summed E-state index contributed by atoms with van der Waals surface area (Å²) < 4.78 is 5.40. The monoisotopic (exact) mass is 349 g/mol. The second kappa shape index (κ2) is 8.85. The fraction of sp³-hybridized carbons (Fsp3) is 0.611. The second-order valence-electron chi connectivity index (χ2n) is 6.52. The summed E-state index contributed by atoms with van der Waals surface area (Å²) in [6.07, 6.45) is 0.542. The average molecular weight is 350 g/mol. The first-order valence-electron chi connectivity index (χ1n) is 8.71. The second-order valence-corrected chi connectivity index (χ2v) is 7.67. The van der Waals surface area contributed by atoms with Gasteiger partial charge in [-0.05, 0) is 24.1 Å². The van der Waals surface area contributed by atoms with Crippen molar-refractivity contribution in [3.63, 3.8) is 0 Å². The summed E-state index contributed by atoms with van der Waals surface area (Å²) in [4.78, 5) is 14.7. The van der Waals surface area contributed by atoms with E-state index in [0.29, 0.717) is 12.5 Å². The fourth-order valence-electron chi connectivity index (χ4n) is 3.10. The molecular formula is C18H27N3O2S. The highest BCUT2D eigenvalue weighted by atomic mass is 32.2. The van der Waals surface area contributed by atoms with Crippen molar-refractivity contribution in [2.75, 3.05) is 49.7 Å². The van der Waals surface area contributed by atoms with E-state index in [-0.39, 0.29) is 5.91 Å². The molecule has 0 saturated carbocycles. The number of carbonyl (C=O) groups excluding carboxylic acids is 1. The number of amides is 1. The maximum absolute atomic E-state index is 12.3. The predicted octanol–water partition coefficient (Wildman–Crippen LogP) is 1.86. The van der Waals surface area contributed by atoms with Crippen LogP contribution >= 0.6 is 11.8 Å². The summed E-state index contributed by atoms with van der Waals surface area (Å²) >= 11 is 1.92. The Balaban J connectivity index is 1.57. The molecule has 132 valence electrons. The Bertz CT molecular complexity index is 555. The quantitative estimate of drug-likeness (QED) is 0.850. The van der Waals surface area contributed by atoms with Crippen LogP contribution in [0.1, 0.15) is 17.5 Å². The molecule has 24 heavy (non-hydrogen) atoms. The number of hydrogen-bond donors (Lipinski definition) is 2. The highest BCUT2D eigenvalue weighted by Gasteiger charge is 2.17. The Morgan fingerprint density at radius 2 is 2.25 bits per heavy atom. The number of hydrogen-bond acceptors (Lipinski definition) is 5. The van der Waals surface area contributed by atoms with Crippen molar-refractivity contribution in [3.8, 4) is 0 Å². The zero-order valence-corrected chi connectivity index (χ0v) is 15.2. The maximum Gasteiger partial charge on any atom is 0.225 e. The lowest BCUT2D eigenvalue weighted by atomic mass is 10.1. The van der Waals surface area contributed by atoms with E-state index < -0.39 is 0 Å². The summed E-state index contributed by atoms with van der Waals surface area (Å²) in [6, 6.07) is 6.66. The molecule has 2 aliphatic heterocycles. The first kappa shape index (κ1) is 17.7. The van der Waals surface area contributed by atoms with Gasteiger partial charge in [-0.3, -0.25) is 9.69 Å². The molecule has 1 atom stereocenters. The topological polar surface area (TPSA) is 53.6 Å². The van der Waals surface area contributed by atoms with E-state index in [1.165, 1.54) is 5.56 Å². The van der Waals surface area contributed by atoms with Gasteiger partial charge in [-0.25, -0.2) is 0 Å². The fourth-order valence-corrected chi connectivity index (χ4v) is 4.04.